The first kappa shape index (κ1) is 19.3. The van der Waals surface area contributed by atoms with E-state index in [1.807, 2.05) is 0 Å². The number of sulfonamides is 1. The zero-order valence-electron chi connectivity index (χ0n) is 15.7. The van der Waals surface area contributed by atoms with Crippen LogP contribution in [0.5, 0.6) is 0 Å². The van der Waals surface area contributed by atoms with Gasteiger partial charge in [-0.15, -0.1) is 0 Å². The minimum absolute atomic E-state index is 0.111. The molecule has 2 saturated carbocycles. The highest BCUT2D eigenvalue weighted by Crippen LogP contribution is 2.49. The number of fused-ring (bicyclic) bond motifs is 2. The molecule has 1 heterocycles. The monoisotopic (exact) mass is 407 g/mol. The Bertz CT molecular complexity index is 879. The molecule has 152 valence electrons. The van der Waals surface area contributed by atoms with Crippen LogP contribution in [0.4, 0.5) is 5.69 Å². The number of carbonyl (C=O) groups is 1. The Labute approximate surface area is 164 Å². The van der Waals surface area contributed by atoms with Crippen LogP contribution < -0.4 is 0 Å². The number of carbonyl (C=O) groups excluding carboxylic acids is 1. The Hall–Kier alpha value is -2.00. The average Bonchev–Trinajstić information content (AvgIpc) is 3.31. The van der Waals surface area contributed by atoms with E-state index >= 15 is 0 Å². The highest BCUT2D eigenvalue weighted by atomic mass is 32.2. The molecule has 3 aliphatic rings. The third kappa shape index (κ3) is 3.53. The Morgan fingerprint density at radius 3 is 2.43 bits per heavy atom. The summed E-state index contributed by atoms with van der Waals surface area (Å²) in [6, 6.07) is 5.39. The minimum atomic E-state index is -3.96. The van der Waals surface area contributed by atoms with Gasteiger partial charge in [0, 0.05) is 38.7 Å². The van der Waals surface area contributed by atoms with E-state index in [2.05, 4.69) is 0 Å². The molecule has 0 radical (unpaired) electrons. The molecule has 1 saturated heterocycles. The number of para-hydroxylation sites is 1. The Morgan fingerprint density at radius 2 is 1.82 bits per heavy atom. The number of amides is 1. The van der Waals surface area contributed by atoms with Crippen LogP contribution >= 0.6 is 0 Å². The van der Waals surface area contributed by atoms with E-state index < -0.39 is 20.6 Å². The molecule has 9 heteroatoms. The van der Waals surface area contributed by atoms with E-state index in [4.69, 9.17) is 0 Å². The van der Waals surface area contributed by atoms with Crippen molar-refractivity contribution >= 4 is 21.6 Å². The molecule has 1 aromatic rings. The molecule has 4 rings (SSSR count). The lowest BCUT2D eigenvalue weighted by molar-refractivity contribution is -0.387. The third-order valence-corrected chi connectivity index (χ3v) is 8.54. The Morgan fingerprint density at radius 1 is 1.11 bits per heavy atom. The van der Waals surface area contributed by atoms with Crippen LogP contribution in [0.1, 0.15) is 32.1 Å². The molecule has 3 atom stereocenters. The van der Waals surface area contributed by atoms with Gasteiger partial charge in [0.15, 0.2) is 4.90 Å². The highest BCUT2D eigenvalue weighted by Gasteiger charge is 2.41. The molecule has 0 aromatic heterocycles. The van der Waals surface area contributed by atoms with Gasteiger partial charge in [-0.3, -0.25) is 14.9 Å². The molecule has 1 aromatic carbocycles. The largest absolute Gasteiger partial charge is 0.340 e. The minimum Gasteiger partial charge on any atom is -0.340 e. The van der Waals surface area contributed by atoms with Gasteiger partial charge in [0.1, 0.15) is 0 Å². The summed E-state index contributed by atoms with van der Waals surface area (Å²) < 4.78 is 27.0. The van der Waals surface area contributed by atoms with E-state index in [0.717, 1.165) is 12.3 Å². The molecule has 1 amide bonds. The average molecular weight is 407 g/mol. The van der Waals surface area contributed by atoms with Crippen LogP contribution in [0.2, 0.25) is 0 Å². The van der Waals surface area contributed by atoms with Crippen molar-refractivity contribution < 1.29 is 18.1 Å². The highest BCUT2D eigenvalue weighted by molar-refractivity contribution is 7.89. The molecule has 2 bridgehead atoms. The van der Waals surface area contributed by atoms with Gasteiger partial charge in [0.25, 0.3) is 5.69 Å². The van der Waals surface area contributed by atoms with E-state index in [-0.39, 0.29) is 23.9 Å². The summed E-state index contributed by atoms with van der Waals surface area (Å²) in [6.07, 6.45) is 5.53. The van der Waals surface area contributed by atoms with Crippen LogP contribution in [-0.2, 0) is 14.8 Å². The van der Waals surface area contributed by atoms with Crippen molar-refractivity contribution in [2.75, 3.05) is 26.2 Å². The van der Waals surface area contributed by atoms with E-state index in [1.165, 1.54) is 47.8 Å². The molecular formula is C19H25N3O5S. The van der Waals surface area contributed by atoms with Gasteiger partial charge < -0.3 is 4.90 Å². The number of hydrogen-bond acceptors (Lipinski definition) is 5. The first-order valence-corrected chi connectivity index (χ1v) is 11.3. The van der Waals surface area contributed by atoms with Gasteiger partial charge in [0.2, 0.25) is 15.9 Å². The lowest BCUT2D eigenvalue weighted by atomic mass is 9.86. The molecule has 28 heavy (non-hydrogen) atoms. The van der Waals surface area contributed by atoms with Gasteiger partial charge >= 0.3 is 0 Å². The number of nitro groups is 1. The Kier molecular flexibility index (Phi) is 5.13. The fraction of sp³-hybridized carbons (Fsp3) is 0.632. The van der Waals surface area contributed by atoms with Crippen LogP contribution in [0.15, 0.2) is 29.2 Å². The third-order valence-electron chi connectivity index (χ3n) is 6.59. The van der Waals surface area contributed by atoms with Crippen molar-refractivity contribution in [3.05, 3.63) is 34.4 Å². The second-order valence-electron chi connectivity index (χ2n) is 8.15. The number of benzene rings is 1. The maximum absolute atomic E-state index is 12.9. The predicted molar refractivity (Wildman–Crippen MR) is 102 cm³/mol. The zero-order valence-corrected chi connectivity index (χ0v) is 16.5. The summed E-state index contributed by atoms with van der Waals surface area (Å²) in [6.45, 7) is 0.993. The normalized spacial score (nSPS) is 27.9. The van der Waals surface area contributed by atoms with Gasteiger partial charge in [-0.05, 0) is 43.1 Å². The smallest absolute Gasteiger partial charge is 0.289 e. The summed E-state index contributed by atoms with van der Waals surface area (Å²) in [4.78, 5) is 24.6. The second-order valence-corrected chi connectivity index (χ2v) is 10.1. The summed E-state index contributed by atoms with van der Waals surface area (Å²) in [5, 5.41) is 11.2. The van der Waals surface area contributed by atoms with Crippen molar-refractivity contribution in [1.82, 2.24) is 9.21 Å². The molecule has 1 aliphatic heterocycles. The fourth-order valence-corrected chi connectivity index (χ4v) is 6.70. The predicted octanol–water partition coefficient (Wildman–Crippen LogP) is 2.25. The van der Waals surface area contributed by atoms with Crippen molar-refractivity contribution in [1.29, 1.82) is 0 Å². The van der Waals surface area contributed by atoms with Crippen LogP contribution in [0.25, 0.3) is 0 Å². The molecule has 2 aliphatic carbocycles. The number of nitrogens with zero attached hydrogens (tertiary/aromatic N) is 3. The number of nitro benzene ring substituents is 1. The second kappa shape index (κ2) is 7.44. The molecule has 0 spiro atoms. The SMILES string of the molecule is O=C(C[C@@H]1C[C@H]2CC[C@@H]1C2)N1CCN(S(=O)(=O)c2ccccc2[N+](=O)[O-])CC1. The summed E-state index contributed by atoms with van der Waals surface area (Å²) in [7, 11) is -3.96. The fourth-order valence-electron chi connectivity index (χ4n) is 5.12. The van der Waals surface area contributed by atoms with Crippen molar-refractivity contribution in [3.8, 4) is 0 Å². The van der Waals surface area contributed by atoms with Gasteiger partial charge in [-0.1, -0.05) is 18.6 Å². The quantitative estimate of drug-likeness (QED) is 0.550. The molecule has 0 N–H and O–H groups in total. The van der Waals surface area contributed by atoms with Crippen molar-refractivity contribution in [2.24, 2.45) is 17.8 Å². The maximum atomic E-state index is 12.9. The first-order chi connectivity index (χ1) is 13.4. The maximum Gasteiger partial charge on any atom is 0.289 e. The zero-order chi connectivity index (χ0) is 19.9. The van der Waals surface area contributed by atoms with E-state index in [9.17, 15) is 23.3 Å². The van der Waals surface area contributed by atoms with Crippen LogP contribution in [0, 0.1) is 27.9 Å². The first-order valence-electron chi connectivity index (χ1n) is 9.87. The van der Waals surface area contributed by atoms with Crippen LogP contribution in [-0.4, -0.2) is 54.6 Å². The topological polar surface area (TPSA) is 101 Å². The number of rotatable bonds is 5. The summed E-state index contributed by atoms with van der Waals surface area (Å²) in [5.41, 5.74) is -0.419. The number of piperazine rings is 1. The molecule has 3 fully saturated rings. The molecular weight excluding hydrogens is 382 g/mol. The van der Waals surface area contributed by atoms with Gasteiger partial charge in [-0.2, -0.15) is 4.31 Å². The molecule has 8 nitrogen and oxygen atoms in total. The lowest BCUT2D eigenvalue weighted by Gasteiger charge is -2.35. The van der Waals surface area contributed by atoms with Crippen molar-refractivity contribution in [2.45, 2.75) is 37.0 Å². The van der Waals surface area contributed by atoms with Gasteiger partial charge in [0.05, 0.1) is 4.92 Å². The van der Waals surface area contributed by atoms with Crippen LogP contribution in [0.3, 0.4) is 0 Å². The standard InChI is InChI=1S/C19H25N3O5S/c23-19(13-16-12-14-5-6-15(16)11-14)20-7-9-21(10-8-20)28(26,27)18-4-2-1-3-17(18)22(24)25/h1-4,14-16H,5-13H2/t14-,15+,16-/m0/s1. The molecule has 0 unspecified atom stereocenters. The Balaban J connectivity index is 1.38. The van der Waals surface area contributed by atoms with Gasteiger partial charge in [-0.25, -0.2) is 8.42 Å². The lowest BCUT2D eigenvalue weighted by Crippen LogP contribution is -2.50. The van der Waals surface area contributed by atoms with Crippen molar-refractivity contribution in [3.63, 3.8) is 0 Å². The number of hydrogen-bond donors (Lipinski definition) is 0. The van der Waals surface area contributed by atoms with E-state index in [0.29, 0.717) is 31.3 Å². The summed E-state index contributed by atoms with van der Waals surface area (Å²) in [5.74, 6) is 2.08. The van der Waals surface area contributed by atoms with E-state index in [1.54, 1.807) is 4.90 Å². The summed E-state index contributed by atoms with van der Waals surface area (Å²) >= 11 is 0.